The molecular formula is C26H31FN6O. The van der Waals surface area contributed by atoms with E-state index in [-0.39, 0.29) is 17.6 Å². The van der Waals surface area contributed by atoms with Gasteiger partial charge in [0, 0.05) is 50.8 Å². The van der Waals surface area contributed by atoms with Gasteiger partial charge in [0.2, 0.25) is 5.91 Å². The summed E-state index contributed by atoms with van der Waals surface area (Å²) in [5.74, 6) is 1.66. The molecule has 0 radical (unpaired) electrons. The molecule has 5 heterocycles. The number of hydrogen-bond acceptors (Lipinski definition) is 5. The zero-order valence-corrected chi connectivity index (χ0v) is 19.4. The highest BCUT2D eigenvalue weighted by molar-refractivity contribution is 5.82. The molecule has 0 saturated carbocycles. The van der Waals surface area contributed by atoms with E-state index in [1.54, 1.807) is 6.20 Å². The second-order valence-corrected chi connectivity index (χ2v) is 9.94. The Hall–Kier alpha value is -3.00. The number of carbonyl (C=O) groups is 1. The first-order valence-electron chi connectivity index (χ1n) is 12.5. The van der Waals surface area contributed by atoms with Crippen molar-refractivity contribution >= 4 is 17.4 Å². The van der Waals surface area contributed by atoms with E-state index in [4.69, 9.17) is 4.98 Å². The highest BCUT2D eigenvalue weighted by Crippen LogP contribution is 2.33. The number of fused-ring (bicyclic) bond motifs is 2. The molecule has 2 aromatic heterocycles. The van der Waals surface area contributed by atoms with Gasteiger partial charge < -0.3 is 15.1 Å². The molecule has 2 fully saturated rings. The Kier molecular flexibility index (Phi) is 5.69. The predicted octanol–water partition coefficient (Wildman–Crippen LogP) is 2.47. The first kappa shape index (κ1) is 21.5. The van der Waals surface area contributed by atoms with Crippen LogP contribution in [-0.2, 0) is 24.1 Å². The topological polar surface area (TPSA) is 65.8 Å². The summed E-state index contributed by atoms with van der Waals surface area (Å²) >= 11 is 0. The van der Waals surface area contributed by atoms with Gasteiger partial charge in [-0.25, -0.2) is 9.37 Å². The Morgan fingerprint density at radius 3 is 2.76 bits per heavy atom. The van der Waals surface area contributed by atoms with E-state index in [9.17, 15) is 9.18 Å². The third-order valence-corrected chi connectivity index (χ3v) is 7.58. The van der Waals surface area contributed by atoms with E-state index in [0.29, 0.717) is 5.92 Å². The monoisotopic (exact) mass is 462 g/mol. The molecule has 1 N–H and O–H groups in total. The van der Waals surface area contributed by atoms with Crippen LogP contribution in [0.3, 0.4) is 0 Å². The molecule has 3 aromatic rings. The van der Waals surface area contributed by atoms with Crippen LogP contribution >= 0.6 is 0 Å². The minimum absolute atomic E-state index is 0.0305. The lowest BCUT2D eigenvalue weighted by atomic mass is 9.89. The maximum absolute atomic E-state index is 13.4. The first-order chi connectivity index (χ1) is 16.7. The molecule has 8 heteroatoms. The van der Waals surface area contributed by atoms with Crippen molar-refractivity contribution in [3.8, 4) is 0 Å². The molecule has 6 rings (SSSR count). The fourth-order valence-corrected chi connectivity index (χ4v) is 5.79. The van der Waals surface area contributed by atoms with Crippen LogP contribution in [0.25, 0.3) is 5.65 Å². The van der Waals surface area contributed by atoms with Crippen molar-refractivity contribution in [1.29, 1.82) is 0 Å². The molecule has 0 spiro atoms. The van der Waals surface area contributed by atoms with Gasteiger partial charge in [-0.1, -0.05) is 12.1 Å². The number of nitrogens with zero attached hydrogens (tertiary/aromatic N) is 5. The Bertz CT molecular complexity index is 1190. The van der Waals surface area contributed by atoms with Crippen LogP contribution in [0.1, 0.15) is 29.7 Å². The summed E-state index contributed by atoms with van der Waals surface area (Å²) < 4.78 is 15.2. The molecular weight excluding hydrogens is 431 g/mol. The van der Waals surface area contributed by atoms with Gasteiger partial charge in [-0.3, -0.25) is 4.79 Å². The van der Waals surface area contributed by atoms with Crippen molar-refractivity contribution in [3.63, 3.8) is 0 Å². The van der Waals surface area contributed by atoms with E-state index in [1.165, 1.54) is 17.7 Å². The Labute approximate surface area is 199 Å². The van der Waals surface area contributed by atoms with Crippen LogP contribution in [0.15, 0.2) is 36.5 Å². The molecule has 0 bridgehead atoms. The number of halogens is 1. The van der Waals surface area contributed by atoms with Crippen molar-refractivity contribution in [3.05, 3.63) is 59.2 Å². The smallest absolute Gasteiger partial charge is 0.229 e. The average Bonchev–Trinajstić information content (AvgIpc) is 3.16. The van der Waals surface area contributed by atoms with Gasteiger partial charge in [-0.05, 0) is 55.8 Å². The summed E-state index contributed by atoms with van der Waals surface area (Å²) in [5.41, 5.74) is 4.45. The van der Waals surface area contributed by atoms with Crippen molar-refractivity contribution < 1.29 is 9.18 Å². The minimum Gasteiger partial charge on any atom is -0.354 e. The molecule has 1 unspecified atom stereocenters. The maximum atomic E-state index is 13.4. The van der Waals surface area contributed by atoms with Crippen LogP contribution in [0.5, 0.6) is 0 Å². The number of rotatable bonds is 4. The van der Waals surface area contributed by atoms with Crippen LogP contribution in [-0.4, -0.2) is 64.7 Å². The zero-order valence-electron chi connectivity index (χ0n) is 19.4. The highest BCUT2D eigenvalue weighted by atomic mass is 19.1. The normalized spacial score (nSPS) is 21.3. The molecule has 1 atom stereocenters. The van der Waals surface area contributed by atoms with Gasteiger partial charge in [0.1, 0.15) is 11.6 Å². The lowest BCUT2D eigenvalue weighted by molar-refractivity contribution is -0.138. The molecule has 3 aliphatic heterocycles. The van der Waals surface area contributed by atoms with Crippen molar-refractivity contribution in [2.45, 2.75) is 32.1 Å². The molecule has 34 heavy (non-hydrogen) atoms. The van der Waals surface area contributed by atoms with Crippen LogP contribution in [0.2, 0.25) is 0 Å². The number of benzene rings is 1. The molecule has 3 aliphatic rings. The second-order valence-electron chi connectivity index (χ2n) is 9.94. The summed E-state index contributed by atoms with van der Waals surface area (Å²) in [6.07, 6.45) is 6.71. The van der Waals surface area contributed by atoms with Crippen LogP contribution in [0.4, 0.5) is 10.2 Å². The number of aromatic nitrogens is 3. The lowest BCUT2D eigenvalue weighted by Crippen LogP contribution is -2.56. The van der Waals surface area contributed by atoms with Gasteiger partial charge in [0.15, 0.2) is 5.65 Å². The number of anilines is 1. The number of carbonyl (C=O) groups excluding carboxylic acids is 1. The van der Waals surface area contributed by atoms with E-state index >= 15 is 0 Å². The number of piperidine rings is 1. The van der Waals surface area contributed by atoms with Crippen LogP contribution in [0, 0.1) is 17.7 Å². The minimum atomic E-state index is -0.200. The van der Waals surface area contributed by atoms with Gasteiger partial charge in [-0.15, -0.1) is 0 Å². The Morgan fingerprint density at radius 1 is 1.09 bits per heavy atom. The number of amides is 1. The third-order valence-electron chi connectivity index (χ3n) is 7.58. The van der Waals surface area contributed by atoms with Crippen molar-refractivity contribution in [1.82, 2.24) is 24.8 Å². The first-order valence-corrected chi connectivity index (χ1v) is 12.5. The number of nitrogens with one attached hydrogen (secondary N) is 1. The zero-order chi connectivity index (χ0) is 23.1. The molecule has 178 valence electrons. The van der Waals surface area contributed by atoms with E-state index in [0.717, 1.165) is 94.1 Å². The van der Waals surface area contributed by atoms with Crippen molar-refractivity contribution in [2.75, 3.05) is 44.2 Å². The summed E-state index contributed by atoms with van der Waals surface area (Å²) in [7, 11) is 0. The molecule has 0 aliphatic carbocycles. The van der Waals surface area contributed by atoms with Crippen LogP contribution < -0.4 is 10.2 Å². The molecule has 1 aromatic carbocycles. The summed E-state index contributed by atoms with van der Waals surface area (Å²) in [4.78, 5) is 22.6. The van der Waals surface area contributed by atoms with E-state index in [1.807, 2.05) is 22.7 Å². The molecule has 1 amide bonds. The number of likely N-dealkylation sites (tertiary alicyclic amines) is 1. The fraction of sp³-hybridized carbons (Fsp3) is 0.500. The lowest BCUT2D eigenvalue weighted by Gasteiger charge is -2.44. The van der Waals surface area contributed by atoms with Gasteiger partial charge >= 0.3 is 0 Å². The second kappa shape index (κ2) is 8.98. The molecule has 2 saturated heterocycles. The largest absolute Gasteiger partial charge is 0.354 e. The van der Waals surface area contributed by atoms with E-state index < -0.39 is 0 Å². The summed E-state index contributed by atoms with van der Waals surface area (Å²) in [6, 6.07) is 8.73. The highest BCUT2D eigenvalue weighted by Gasteiger charge is 2.39. The van der Waals surface area contributed by atoms with Gasteiger partial charge in [-0.2, -0.15) is 9.61 Å². The van der Waals surface area contributed by atoms with Gasteiger partial charge in [0.05, 0.1) is 17.8 Å². The fourth-order valence-electron chi connectivity index (χ4n) is 5.79. The standard InChI is InChI=1S/C26H31FN6O/c27-21-5-3-18(4-6-21)14-19-2-1-13-31(15-19)26(34)20-16-32(17-20)25-22-7-10-28-11-8-23(22)30-24-9-12-29-33(24)25/h3-6,9,12,19-20,28H,1-2,7-8,10-11,13-17H2. The molecule has 7 nitrogen and oxygen atoms in total. The quantitative estimate of drug-likeness (QED) is 0.645. The predicted molar refractivity (Wildman–Crippen MR) is 128 cm³/mol. The Morgan fingerprint density at radius 2 is 1.91 bits per heavy atom. The Balaban J connectivity index is 1.14. The average molecular weight is 463 g/mol. The third kappa shape index (κ3) is 4.04. The SMILES string of the molecule is O=C(C1CN(c2c3c(nc4ccnn24)CCNCC3)C1)N1CCCC(Cc2ccc(F)cc2)C1. The van der Waals surface area contributed by atoms with Crippen molar-refractivity contribution in [2.24, 2.45) is 11.8 Å². The number of hydrogen-bond donors (Lipinski definition) is 1. The van der Waals surface area contributed by atoms with Gasteiger partial charge in [0.25, 0.3) is 0 Å². The van der Waals surface area contributed by atoms with E-state index in [2.05, 4.69) is 20.2 Å². The summed E-state index contributed by atoms with van der Waals surface area (Å²) in [6.45, 7) is 4.99. The maximum Gasteiger partial charge on any atom is 0.229 e. The summed E-state index contributed by atoms with van der Waals surface area (Å²) in [5, 5.41) is 8.02.